The summed E-state index contributed by atoms with van der Waals surface area (Å²) < 4.78 is 0. The van der Waals surface area contributed by atoms with Crippen LogP contribution in [0, 0.1) is 6.92 Å². The molecule has 0 saturated carbocycles. The van der Waals surface area contributed by atoms with Crippen molar-refractivity contribution >= 4 is 11.3 Å². The van der Waals surface area contributed by atoms with Crippen LogP contribution in [0.15, 0.2) is 36.0 Å². The molecule has 1 unspecified atom stereocenters. The molecule has 0 saturated heterocycles. The molecular formula is C13H16N2OS. The van der Waals surface area contributed by atoms with Crippen LogP contribution in [0.4, 0.5) is 0 Å². The molecule has 1 heterocycles. The fourth-order valence-corrected chi connectivity index (χ4v) is 2.22. The molecule has 2 rings (SSSR count). The van der Waals surface area contributed by atoms with Crippen molar-refractivity contribution < 1.29 is 5.11 Å². The Hall–Kier alpha value is -1.23. The van der Waals surface area contributed by atoms with Crippen LogP contribution >= 0.6 is 11.3 Å². The van der Waals surface area contributed by atoms with Gasteiger partial charge in [0.2, 0.25) is 0 Å². The maximum absolute atomic E-state index is 10.00. The SMILES string of the molecule is Cc1cccc(C(O)CNCc2cncs2)c1. The van der Waals surface area contributed by atoms with Crippen LogP contribution in [0.25, 0.3) is 0 Å². The standard InChI is InChI=1S/C13H16N2OS/c1-10-3-2-4-11(5-10)13(16)8-14-6-12-7-15-9-17-12/h2-5,7,9,13-14,16H,6,8H2,1H3. The van der Waals surface area contributed by atoms with Crippen molar-refractivity contribution in [2.45, 2.75) is 19.6 Å². The van der Waals surface area contributed by atoms with Crippen molar-refractivity contribution in [1.82, 2.24) is 10.3 Å². The third kappa shape index (κ3) is 3.63. The number of nitrogens with one attached hydrogen (secondary N) is 1. The molecule has 0 aliphatic carbocycles. The van der Waals surface area contributed by atoms with Gasteiger partial charge in [0.05, 0.1) is 11.6 Å². The number of aliphatic hydroxyl groups is 1. The summed E-state index contributed by atoms with van der Waals surface area (Å²) in [6, 6.07) is 7.96. The lowest BCUT2D eigenvalue weighted by atomic mass is 10.1. The molecule has 2 aromatic rings. The first-order chi connectivity index (χ1) is 8.25. The second kappa shape index (κ2) is 5.91. The van der Waals surface area contributed by atoms with E-state index >= 15 is 0 Å². The first kappa shape index (κ1) is 12.2. The summed E-state index contributed by atoms with van der Waals surface area (Å²) in [5, 5.41) is 13.2. The van der Waals surface area contributed by atoms with Crippen LogP contribution in [-0.4, -0.2) is 16.6 Å². The largest absolute Gasteiger partial charge is 0.387 e. The predicted octanol–water partition coefficient (Wildman–Crippen LogP) is 2.27. The van der Waals surface area contributed by atoms with Gasteiger partial charge in [0.1, 0.15) is 0 Å². The maximum Gasteiger partial charge on any atom is 0.0914 e. The zero-order valence-corrected chi connectivity index (χ0v) is 10.6. The van der Waals surface area contributed by atoms with Crippen LogP contribution < -0.4 is 5.32 Å². The van der Waals surface area contributed by atoms with Gasteiger partial charge in [0.15, 0.2) is 0 Å². The van der Waals surface area contributed by atoms with Gasteiger partial charge in [0, 0.05) is 24.2 Å². The molecule has 90 valence electrons. The Balaban J connectivity index is 1.83. The highest BCUT2D eigenvalue weighted by Gasteiger charge is 2.06. The van der Waals surface area contributed by atoms with E-state index in [0.29, 0.717) is 6.54 Å². The van der Waals surface area contributed by atoms with E-state index in [9.17, 15) is 5.11 Å². The Morgan fingerprint density at radius 1 is 1.47 bits per heavy atom. The fraction of sp³-hybridized carbons (Fsp3) is 0.308. The minimum absolute atomic E-state index is 0.456. The fourth-order valence-electron chi connectivity index (χ4n) is 1.66. The van der Waals surface area contributed by atoms with Gasteiger partial charge in [-0.2, -0.15) is 0 Å². The number of aromatic nitrogens is 1. The molecule has 1 atom stereocenters. The van der Waals surface area contributed by atoms with Gasteiger partial charge in [-0.25, -0.2) is 0 Å². The van der Waals surface area contributed by atoms with Gasteiger partial charge in [-0.15, -0.1) is 11.3 Å². The van der Waals surface area contributed by atoms with Gasteiger partial charge in [-0.3, -0.25) is 4.98 Å². The molecule has 0 spiro atoms. The molecular weight excluding hydrogens is 232 g/mol. The number of aliphatic hydroxyl groups excluding tert-OH is 1. The molecule has 0 fully saturated rings. The average Bonchev–Trinajstić information content (AvgIpc) is 2.82. The van der Waals surface area contributed by atoms with E-state index in [1.54, 1.807) is 11.3 Å². The van der Waals surface area contributed by atoms with Crippen LogP contribution in [-0.2, 0) is 6.54 Å². The maximum atomic E-state index is 10.00. The molecule has 0 aliphatic rings. The lowest BCUT2D eigenvalue weighted by molar-refractivity contribution is 0.174. The number of rotatable bonds is 5. The second-order valence-corrected chi connectivity index (χ2v) is 5.00. The zero-order valence-electron chi connectivity index (χ0n) is 9.76. The molecule has 0 aliphatic heterocycles. The van der Waals surface area contributed by atoms with E-state index in [4.69, 9.17) is 0 Å². The second-order valence-electron chi connectivity index (χ2n) is 4.03. The highest BCUT2D eigenvalue weighted by atomic mass is 32.1. The number of hydrogen-bond donors (Lipinski definition) is 2. The summed E-state index contributed by atoms with van der Waals surface area (Å²) in [7, 11) is 0. The zero-order chi connectivity index (χ0) is 12.1. The van der Waals surface area contributed by atoms with Gasteiger partial charge in [0.25, 0.3) is 0 Å². The summed E-state index contributed by atoms with van der Waals surface area (Å²) in [6.45, 7) is 3.34. The van der Waals surface area contributed by atoms with Gasteiger partial charge >= 0.3 is 0 Å². The normalized spacial score (nSPS) is 12.6. The molecule has 0 bridgehead atoms. The highest BCUT2D eigenvalue weighted by Crippen LogP contribution is 2.13. The van der Waals surface area contributed by atoms with Crippen molar-refractivity contribution in [2.24, 2.45) is 0 Å². The first-order valence-electron chi connectivity index (χ1n) is 5.58. The Morgan fingerprint density at radius 3 is 3.06 bits per heavy atom. The summed E-state index contributed by atoms with van der Waals surface area (Å²) in [6.07, 6.45) is 1.39. The summed E-state index contributed by atoms with van der Waals surface area (Å²) in [5.41, 5.74) is 3.94. The number of aryl methyl sites for hydroxylation is 1. The monoisotopic (exact) mass is 248 g/mol. The van der Waals surface area contributed by atoms with Gasteiger partial charge < -0.3 is 10.4 Å². The predicted molar refractivity (Wildman–Crippen MR) is 70.0 cm³/mol. The summed E-state index contributed by atoms with van der Waals surface area (Å²) in [5.74, 6) is 0. The lowest BCUT2D eigenvalue weighted by Crippen LogP contribution is -2.20. The van der Waals surface area contributed by atoms with E-state index in [0.717, 1.165) is 12.1 Å². The molecule has 3 nitrogen and oxygen atoms in total. The molecule has 1 aromatic heterocycles. The third-order valence-electron chi connectivity index (χ3n) is 2.55. The van der Waals surface area contributed by atoms with E-state index in [-0.39, 0.29) is 0 Å². The van der Waals surface area contributed by atoms with Crippen molar-refractivity contribution in [3.05, 3.63) is 52.0 Å². The van der Waals surface area contributed by atoms with Crippen LogP contribution in [0.1, 0.15) is 22.1 Å². The summed E-state index contributed by atoms with van der Waals surface area (Å²) >= 11 is 1.62. The number of thiazole rings is 1. The van der Waals surface area contributed by atoms with E-state index in [2.05, 4.69) is 10.3 Å². The molecule has 4 heteroatoms. The number of benzene rings is 1. The van der Waals surface area contributed by atoms with E-state index in [1.165, 1.54) is 10.4 Å². The van der Waals surface area contributed by atoms with Crippen molar-refractivity contribution in [1.29, 1.82) is 0 Å². The summed E-state index contributed by atoms with van der Waals surface area (Å²) in [4.78, 5) is 5.19. The quantitative estimate of drug-likeness (QED) is 0.853. The minimum Gasteiger partial charge on any atom is -0.387 e. The van der Waals surface area contributed by atoms with E-state index in [1.807, 2.05) is 42.9 Å². The highest BCUT2D eigenvalue weighted by molar-refractivity contribution is 7.09. The minimum atomic E-state index is -0.456. The third-order valence-corrected chi connectivity index (χ3v) is 3.33. The Bertz CT molecular complexity index is 456. The number of hydrogen-bond acceptors (Lipinski definition) is 4. The van der Waals surface area contributed by atoms with Crippen LogP contribution in [0.3, 0.4) is 0 Å². The number of nitrogens with zero attached hydrogens (tertiary/aromatic N) is 1. The van der Waals surface area contributed by atoms with Crippen molar-refractivity contribution in [2.75, 3.05) is 6.54 Å². The van der Waals surface area contributed by atoms with Gasteiger partial charge in [-0.1, -0.05) is 29.8 Å². The van der Waals surface area contributed by atoms with Crippen molar-refractivity contribution in [3.8, 4) is 0 Å². The lowest BCUT2D eigenvalue weighted by Gasteiger charge is -2.12. The van der Waals surface area contributed by atoms with Crippen LogP contribution in [0.5, 0.6) is 0 Å². The Morgan fingerprint density at radius 2 is 2.35 bits per heavy atom. The Labute approximate surface area is 105 Å². The van der Waals surface area contributed by atoms with Crippen molar-refractivity contribution in [3.63, 3.8) is 0 Å². The molecule has 0 radical (unpaired) electrons. The molecule has 0 amide bonds. The molecule has 17 heavy (non-hydrogen) atoms. The topological polar surface area (TPSA) is 45.1 Å². The van der Waals surface area contributed by atoms with Crippen LogP contribution in [0.2, 0.25) is 0 Å². The average molecular weight is 248 g/mol. The molecule has 2 N–H and O–H groups in total. The smallest absolute Gasteiger partial charge is 0.0914 e. The molecule has 1 aromatic carbocycles. The first-order valence-corrected chi connectivity index (χ1v) is 6.46. The van der Waals surface area contributed by atoms with Gasteiger partial charge in [-0.05, 0) is 12.5 Å². The Kier molecular flexibility index (Phi) is 4.25. The van der Waals surface area contributed by atoms with E-state index < -0.39 is 6.10 Å².